The smallest absolute Gasteiger partial charge is 0.227 e. The van der Waals surface area contributed by atoms with Crippen molar-refractivity contribution in [3.63, 3.8) is 0 Å². The first-order chi connectivity index (χ1) is 9.93. The number of aryl methyl sites for hydroxylation is 1. The number of nitrogens with two attached hydrogens (primary N) is 1. The fraction of sp³-hybridized carbons (Fsp3) is 0.500. The number of amides is 1. The molecule has 0 heterocycles. The zero-order valence-electron chi connectivity index (χ0n) is 13.0. The summed E-state index contributed by atoms with van der Waals surface area (Å²) in [7, 11) is 0. The van der Waals surface area contributed by atoms with Crippen LogP contribution in [0.25, 0.3) is 0 Å². The van der Waals surface area contributed by atoms with Crippen molar-refractivity contribution in [2.45, 2.75) is 33.6 Å². The first kappa shape index (κ1) is 17.0. The second-order valence-electron chi connectivity index (χ2n) is 5.68. The number of nitrogens with zero attached hydrogens (tertiary/aromatic N) is 2. The zero-order chi connectivity index (χ0) is 15.8. The van der Waals surface area contributed by atoms with Crippen molar-refractivity contribution in [1.29, 1.82) is 0 Å². The fourth-order valence-electron chi connectivity index (χ4n) is 2.14. The lowest BCUT2D eigenvalue weighted by Gasteiger charge is -2.25. The molecule has 5 heteroatoms. The Bertz CT molecular complexity index is 498. The second kappa shape index (κ2) is 8.29. The Hall–Kier alpha value is -2.04. The van der Waals surface area contributed by atoms with Gasteiger partial charge >= 0.3 is 0 Å². The summed E-state index contributed by atoms with van der Waals surface area (Å²) in [5, 5.41) is 11.6. The van der Waals surface area contributed by atoms with Gasteiger partial charge in [0.25, 0.3) is 0 Å². The lowest BCUT2D eigenvalue weighted by Crippen LogP contribution is -2.37. The predicted octanol–water partition coefficient (Wildman–Crippen LogP) is 2.16. The van der Waals surface area contributed by atoms with Crippen LogP contribution in [-0.4, -0.2) is 34.9 Å². The Kier molecular flexibility index (Phi) is 6.72. The van der Waals surface area contributed by atoms with Gasteiger partial charge in [0, 0.05) is 19.5 Å². The van der Waals surface area contributed by atoms with Crippen LogP contribution in [0.15, 0.2) is 29.4 Å². The molecule has 0 saturated heterocycles. The molecule has 0 aliphatic rings. The molecule has 1 amide bonds. The van der Waals surface area contributed by atoms with Crippen molar-refractivity contribution in [2.75, 3.05) is 13.1 Å². The molecule has 21 heavy (non-hydrogen) atoms. The molecule has 0 aliphatic carbocycles. The molecular formula is C16H25N3O2. The summed E-state index contributed by atoms with van der Waals surface area (Å²) in [4.78, 5) is 14.3. The van der Waals surface area contributed by atoms with Crippen molar-refractivity contribution in [3.8, 4) is 0 Å². The van der Waals surface area contributed by atoms with E-state index in [1.165, 1.54) is 0 Å². The maximum absolute atomic E-state index is 12.5. The molecule has 0 radical (unpaired) electrons. The minimum atomic E-state index is 0.0729. The highest BCUT2D eigenvalue weighted by atomic mass is 16.4. The van der Waals surface area contributed by atoms with Gasteiger partial charge in [0.05, 0.1) is 6.42 Å². The lowest BCUT2D eigenvalue weighted by atomic mass is 10.0. The van der Waals surface area contributed by atoms with Crippen LogP contribution in [0.1, 0.15) is 31.4 Å². The van der Waals surface area contributed by atoms with Gasteiger partial charge < -0.3 is 15.8 Å². The number of carbonyl (C=O) groups is 1. The van der Waals surface area contributed by atoms with Crippen LogP contribution in [0.3, 0.4) is 0 Å². The van der Waals surface area contributed by atoms with E-state index in [9.17, 15) is 4.79 Å². The van der Waals surface area contributed by atoms with E-state index in [1.54, 1.807) is 4.90 Å². The van der Waals surface area contributed by atoms with E-state index in [-0.39, 0.29) is 11.7 Å². The predicted molar refractivity (Wildman–Crippen MR) is 84.3 cm³/mol. The summed E-state index contributed by atoms with van der Waals surface area (Å²) in [6.07, 6.45) is 0.762. The van der Waals surface area contributed by atoms with Gasteiger partial charge in [-0.2, -0.15) is 0 Å². The van der Waals surface area contributed by atoms with Crippen LogP contribution >= 0.6 is 0 Å². The molecule has 0 aromatic heterocycles. The Balaban J connectivity index is 2.73. The monoisotopic (exact) mass is 291 g/mol. The Morgan fingerprint density at radius 1 is 1.38 bits per heavy atom. The number of hydrogen-bond acceptors (Lipinski definition) is 3. The highest BCUT2D eigenvalue weighted by Gasteiger charge is 2.16. The molecular weight excluding hydrogens is 266 g/mol. The molecule has 0 saturated carbocycles. The number of oxime groups is 1. The average Bonchev–Trinajstić information content (AvgIpc) is 2.45. The van der Waals surface area contributed by atoms with Crippen LogP contribution in [0.4, 0.5) is 0 Å². The third-order valence-electron chi connectivity index (χ3n) is 3.31. The van der Waals surface area contributed by atoms with Gasteiger partial charge in [-0.05, 0) is 24.0 Å². The van der Waals surface area contributed by atoms with Gasteiger partial charge in [0.1, 0.15) is 5.84 Å². The normalized spacial score (nSPS) is 11.7. The van der Waals surface area contributed by atoms with Crippen LogP contribution in [0.2, 0.25) is 0 Å². The van der Waals surface area contributed by atoms with E-state index < -0.39 is 0 Å². The molecule has 1 aromatic carbocycles. The molecule has 0 unspecified atom stereocenters. The van der Waals surface area contributed by atoms with E-state index in [0.29, 0.717) is 31.8 Å². The van der Waals surface area contributed by atoms with E-state index in [0.717, 1.165) is 11.1 Å². The van der Waals surface area contributed by atoms with Crippen LogP contribution in [0.5, 0.6) is 0 Å². The summed E-state index contributed by atoms with van der Waals surface area (Å²) in [6, 6.07) is 7.89. The second-order valence-corrected chi connectivity index (χ2v) is 5.68. The standard InChI is InChI=1S/C16H25N3O2/c1-12(2)11-19(9-8-15(17)18-21)16(20)10-14-7-5-4-6-13(14)3/h4-7,12,21H,8-11H2,1-3H3,(H2,17,18). The third kappa shape index (κ3) is 5.85. The molecule has 0 bridgehead atoms. The number of carbonyl (C=O) groups excluding carboxylic acids is 1. The molecule has 0 fully saturated rings. The van der Waals surface area contributed by atoms with E-state index >= 15 is 0 Å². The van der Waals surface area contributed by atoms with Gasteiger partial charge in [-0.25, -0.2) is 0 Å². The molecule has 0 atom stereocenters. The Morgan fingerprint density at radius 3 is 2.62 bits per heavy atom. The van der Waals surface area contributed by atoms with Gasteiger partial charge in [-0.15, -0.1) is 0 Å². The minimum absolute atomic E-state index is 0.0729. The molecule has 0 spiro atoms. The number of rotatable bonds is 7. The number of amidine groups is 1. The highest BCUT2D eigenvalue weighted by molar-refractivity contribution is 5.82. The van der Waals surface area contributed by atoms with Crippen molar-refractivity contribution in [2.24, 2.45) is 16.8 Å². The third-order valence-corrected chi connectivity index (χ3v) is 3.31. The van der Waals surface area contributed by atoms with Crippen molar-refractivity contribution in [1.82, 2.24) is 4.90 Å². The van der Waals surface area contributed by atoms with Crippen molar-refractivity contribution in [3.05, 3.63) is 35.4 Å². The summed E-state index contributed by atoms with van der Waals surface area (Å²) in [5.74, 6) is 0.592. The summed E-state index contributed by atoms with van der Waals surface area (Å²) in [5.41, 5.74) is 7.65. The first-order valence-corrected chi connectivity index (χ1v) is 7.22. The summed E-state index contributed by atoms with van der Waals surface area (Å²) in [6.45, 7) is 7.28. The van der Waals surface area contributed by atoms with Gasteiger partial charge in [0.2, 0.25) is 5.91 Å². The maximum Gasteiger partial charge on any atom is 0.227 e. The van der Waals surface area contributed by atoms with E-state index in [2.05, 4.69) is 19.0 Å². The number of benzene rings is 1. The Labute approximate surface area is 126 Å². The van der Waals surface area contributed by atoms with Gasteiger partial charge in [0.15, 0.2) is 0 Å². The largest absolute Gasteiger partial charge is 0.409 e. The summed E-state index contributed by atoms with van der Waals surface area (Å²) >= 11 is 0. The Morgan fingerprint density at radius 2 is 2.05 bits per heavy atom. The van der Waals surface area contributed by atoms with E-state index in [1.807, 2.05) is 31.2 Å². The fourth-order valence-corrected chi connectivity index (χ4v) is 2.14. The average molecular weight is 291 g/mol. The van der Waals surface area contributed by atoms with Crippen molar-refractivity contribution >= 4 is 11.7 Å². The maximum atomic E-state index is 12.5. The molecule has 116 valence electrons. The minimum Gasteiger partial charge on any atom is -0.409 e. The lowest BCUT2D eigenvalue weighted by molar-refractivity contribution is -0.130. The van der Waals surface area contributed by atoms with Crippen LogP contribution in [-0.2, 0) is 11.2 Å². The topological polar surface area (TPSA) is 78.9 Å². The van der Waals surface area contributed by atoms with Crippen molar-refractivity contribution < 1.29 is 10.0 Å². The quantitative estimate of drug-likeness (QED) is 0.350. The van der Waals surface area contributed by atoms with Crippen LogP contribution in [0, 0.1) is 12.8 Å². The highest BCUT2D eigenvalue weighted by Crippen LogP contribution is 2.11. The SMILES string of the molecule is Cc1ccccc1CC(=O)N(CCC(N)=NO)CC(C)C. The van der Waals surface area contributed by atoms with Gasteiger partial charge in [-0.1, -0.05) is 43.3 Å². The summed E-state index contributed by atoms with van der Waals surface area (Å²) < 4.78 is 0. The molecule has 5 nitrogen and oxygen atoms in total. The molecule has 3 N–H and O–H groups in total. The molecule has 1 aromatic rings. The first-order valence-electron chi connectivity index (χ1n) is 7.22. The van der Waals surface area contributed by atoms with E-state index in [4.69, 9.17) is 10.9 Å². The molecule has 1 rings (SSSR count). The molecule has 0 aliphatic heterocycles. The zero-order valence-corrected chi connectivity index (χ0v) is 13.0. The van der Waals surface area contributed by atoms with Crippen LogP contribution < -0.4 is 5.73 Å². The van der Waals surface area contributed by atoms with Gasteiger partial charge in [-0.3, -0.25) is 4.79 Å². The number of hydrogen-bond donors (Lipinski definition) is 2.